The maximum Gasteiger partial charge on any atom is 0.229 e. The molecule has 1 aliphatic heterocycles. The maximum absolute atomic E-state index is 6.12. The lowest BCUT2D eigenvalue weighted by Gasteiger charge is -2.24. The number of hydrogen-bond donors (Lipinski definition) is 1. The number of nitrogens with one attached hydrogen (secondary N) is 1. The topological polar surface area (TPSA) is 62.8 Å². The van der Waals surface area contributed by atoms with Crippen LogP contribution in [-0.4, -0.2) is 47.7 Å². The molecular weight excluding hydrogens is 426 g/mol. The monoisotopic (exact) mass is 461 g/mol. The molecule has 1 saturated heterocycles. The lowest BCUT2D eigenvalue weighted by molar-refractivity contribution is 0.157. The van der Waals surface area contributed by atoms with Gasteiger partial charge in [0.2, 0.25) is 5.95 Å². The van der Waals surface area contributed by atoms with Gasteiger partial charge in [-0.25, -0.2) is 10.0 Å². The normalized spacial score (nSPS) is 15.7. The van der Waals surface area contributed by atoms with Crippen LogP contribution >= 0.6 is 0 Å². The fraction of sp³-hybridized carbons (Fsp3) is 0.407. The Labute approximate surface area is 202 Å². The molecule has 0 saturated carbocycles. The standard InChI is InChI=1S/C27H35N5O2/c1-5-31(6-2)15-17-33-26-20(3)18-23(19-21(26)4)29-27-28-14-12-25(30-27)32-24(13-16-34-32)22-10-8-7-9-11-22/h7-12,14,18-19,24H,5-6,13,15-17H2,1-4H3,(H,28,29,30)/t24-/m0/s1. The van der Waals surface area contributed by atoms with Gasteiger partial charge in [0.05, 0.1) is 12.6 Å². The fourth-order valence-corrected chi connectivity index (χ4v) is 4.40. The fourth-order valence-electron chi connectivity index (χ4n) is 4.40. The van der Waals surface area contributed by atoms with E-state index in [1.807, 2.05) is 17.2 Å². The molecule has 1 aliphatic rings. The first-order valence-electron chi connectivity index (χ1n) is 12.1. The molecular formula is C27H35N5O2. The maximum atomic E-state index is 6.12. The molecule has 180 valence electrons. The highest BCUT2D eigenvalue weighted by Gasteiger charge is 2.29. The van der Waals surface area contributed by atoms with E-state index < -0.39 is 0 Å². The largest absolute Gasteiger partial charge is 0.492 e. The molecule has 1 fully saturated rings. The van der Waals surface area contributed by atoms with Crippen LogP contribution in [0.3, 0.4) is 0 Å². The molecule has 0 amide bonds. The van der Waals surface area contributed by atoms with Crippen molar-refractivity contribution in [2.75, 3.05) is 43.2 Å². The van der Waals surface area contributed by atoms with Crippen molar-refractivity contribution in [3.8, 4) is 5.75 Å². The van der Waals surface area contributed by atoms with Crippen molar-refractivity contribution >= 4 is 17.5 Å². The number of hydrogen-bond acceptors (Lipinski definition) is 7. The van der Waals surface area contributed by atoms with E-state index >= 15 is 0 Å². The average Bonchev–Trinajstić information content (AvgIpc) is 3.34. The Morgan fingerprint density at radius 1 is 1.09 bits per heavy atom. The molecule has 2 aromatic carbocycles. The van der Waals surface area contributed by atoms with Crippen molar-refractivity contribution < 1.29 is 9.57 Å². The first-order valence-corrected chi connectivity index (χ1v) is 12.1. The third-order valence-corrected chi connectivity index (χ3v) is 6.22. The van der Waals surface area contributed by atoms with Crippen LogP contribution in [0.4, 0.5) is 17.5 Å². The summed E-state index contributed by atoms with van der Waals surface area (Å²) >= 11 is 0. The van der Waals surface area contributed by atoms with Crippen molar-refractivity contribution in [1.82, 2.24) is 14.9 Å². The summed E-state index contributed by atoms with van der Waals surface area (Å²) < 4.78 is 6.12. The molecule has 1 N–H and O–H groups in total. The Morgan fingerprint density at radius 2 is 1.82 bits per heavy atom. The Balaban J connectivity index is 1.46. The molecule has 4 rings (SSSR count). The van der Waals surface area contributed by atoms with Gasteiger partial charge in [-0.1, -0.05) is 44.2 Å². The molecule has 0 radical (unpaired) electrons. The second kappa shape index (κ2) is 11.3. The first kappa shape index (κ1) is 24.0. The number of benzene rings is 2. The van der Waals surface area contributed by atoms with Crippen LogP contribution in [0, 0.1) is 13.8 Å². The highest BCUT2D eigenvalue weighted by atomic mass is 16.7. The van der Waals surface area contributed by atoms with Crippen molar-refractivity contribution in [2.45, 2.75) is 40.2 Å². The molecule has 0 bridgehead atoms. The minimum absolute atomic E-state index is 0.140. The summed E-state index contributed by atoms with van der Waals surface area (Å²) in [6.07, 6.45) is 2.68. The number of anilines is 3. The van der Waals surface area contributed by atoms with Gasteiger partial charge in [-0.2, -0.15) is 4.98 Å². The zero-order valence-corrected chi connectivity index (χ0v) is 20.6. The third-order valence-electron chi connectivity index (χ3n) is 6.22. The van der Waals surface area contributed by atoms with Crippen LogP contribution in [0.5, 0.6) is 5.75 Å². The number of likely N-dealkylation sites (N-methyl/N-ethyl adjacent to an activating group) is 1. The molecule has 7 heteroatoms. The highest BCUT2D eigenvalue weighted by molar-refractivity contribution is 5.61. The summed E-state index contributed by atoms with van der Waals surface area (Å²) in [7, 11) is 0. The van der Waals surface area contributed by atoms with Gasteiger partial charge in [0.25, 0.3) is 0 Å². The molecule has 3 aromatic rings. The van der Waals surface area contributed by atoms with Crippen molar-refractivity contribution in [3.05, 3.63) is 71.4 Å². The minimum atomic E-state index is 0.140. The van der Waals surface area contributed by atoms with Gasteiger partial charge in [-0.3, -0.25) is 4.84 Å². The lowest BCUT2D eigenvalue weighted by Crippen LogP contribution is -2.28. The summed E-state index contributed by atoms with van der Waals surface area (Å²) in [6.45, 7) is 12.8. The number of ether oxygens (including phenoxy) is 1. The van der Waals surface area contributed by atoms with Gasteiger partial charge >= 0.3 is 0 Å². The molecule has 7 nitrogen and oxygen atoms in total. The van der Waals surface area contributed by atoms with Gasteiger partial charge in [0.15, 0.2) is 5.82 Å². The Morgan fingerprint density at radius 3 is 2.53 bits per heavy atom. The zero-order valence-electron chi connectivity index (χ0n) is 20.6. The second-order valence-corrected chi connectivity index (χ2v) is 8.55. The van der Waals surface area contributed by atoms with Gasteiger partial charge in [0, 0.05) is 30.9 Å². The molecule has 2 heterocycles. The summed E-state index contributed by atoms with van der Waals surface area (Å²) in [5.74, 6) is 2.23. The van der Waals surface area contributed by atoms with E-state index in [1.165, 1.54) is 5.56 Å². The van der Waals surface area contributed by atoms with Crippen LogP contribution in [0.15, 0.2) is 54.7 Å². The van der Waals surface area contributed by atoms with Crippen LogP contribution in [0.1, 0.15) is 43.0 Å². The predicted molar refractivity (Wildman–Crippen MR) is 137 cm³/mol. The quantitative estimate of drug-likeness (QED) is 0.431. The zero-order chi connectivity index (χ0) is 23.9. The third kappa shape index (κ3) is 5.66. The molecule has 0 aliphatic carbocycles. The van der Waals surface area contributed by atoms with Gasteiger partial charge in [-0.15, -0.1) is 0 Å². The van der Waals surface area contributed by atoms with E-state index in [1.54, 1.807) is 6.20 Å². The lowest BCUT2D eigenvalue weighted by atomic mass is 10.0. The summed E-state index contributed by atoms with van der Waals surface area (Å²) in [5.41, 5.74) is 4.33. The molecule has 1 aromatic heterocycles. The number of rotatable bonds is 10. The summed E-state index contributed by atoms with van der Waals surface area (Å²) in [5, 5.41) is 5.25. The number of hydroxylamine groups is 1. The van der Waals surface area contributed by atoms with E-state index in [0.717, 1.165) is 54.4 Å². The Bertz CT molecular complexity index is 1050. The molecule has 0 spiro atoms. The van der Waals surface area contributed by atoms with Gasteiger partial charge in [0.1, 0.15) is 12.4 Å². The van der Waals surface area contributed by atoms with Crippen molar-refractivity contribution in [1.29, 1.82) is 0 Å². The van der Waals surface area contributed by atoms with Crippen molar-refractivity contribution in [3.63, 3.8) is 0 Å². The van der Waals surface area contributed by atoms with Crippen molar-refractivity contribution in [2.24, 2.45) is 0 Å². The van der Waals surface area contributed by atoms with Gasteiger partial charge < -0.3 is 15.0 Å². The molecule has 34 heavy (non-hydrogen) atoms. The molecule has 1 atom stereocenters. The second-order valence-electron chi connectivity index (χ2n) is 8.55. The Hall–Kier alpha value is -3.16. The predicted octanol–water partition coefficient (Wildman–Crippen LogP) is 5.44. The molecule has 0 unspecified atom stereocenters. The first-order chi connectivity index (χ1) is 16.6. The number of nitrogens with zero attached hydrogens (tertiary/aromatic N) is 4. The number of aryl methyl sites for hydroxylation is 2. The van der Waals surface area contributed by atoms with Crippen LogP contribution < -0.4 is 15.1 Å². The van der Waals surface area contributed by atoms with E-state index in [4.69, 9.17) is 14.6 Å². The number of aromatic nitrogens is 2. The Kier molecular flexibility index (Phi) is 7.98. The van der Waals surface area contributed by atoms with E-state index in [2.05, 4.69) is 79.3 Å². The van der Waals surface area contributed by atoms with E-state index in [0.29, 0.717) is 19.2 Å². The SMILES string of the molecule is CCN(CC)CCOc1c(C)cc(Nc2nccc(N3OCC[C@H]3c3ccccc3)n2)cc1C. The smallest absolute Gasteiger partial charge is 0.229 e. The highest BCUT2D eigenvalue weighted by Crippen LogP contribution is 2.34. The van der Waals surface area contributed by atoms with Crippen LogP contribution in [-0.2, 0) is 4.84 Å². The van der Waals surface area contributed by atoms with E-state index in [-0.39, 0.29) is 6.04 Å². The summed E-state index contributed by atoms with van der Waals surface area (Å²) in [4.78, 5) is 17.5. The average molecular weight is 462 g/mol. The summed E-state index contributed by atoms with van der Waals surface area (Å²) in [6, 6.07) is 16.6. The van der Waals surface area contributed by atoms with Gasteiger partial charge in [-0.05, 0) is 55.8 Å². The minimum Gasteiger partial charge on any atom is -0.492 e. The van der Waals surface area contributed by atoms with Crippen LogP contribution in [0.2, 0.25) is 0 Å². The van der Waals surface area contributed by atoms with E-state index in [9.17, 15) is 0 Å². The van der Waals surface area contributed by atoms with Crippen LogP contribution in [0.25, 0.3) is 0 Å².